The van der Waals surface area contributed by atoms with Gasteiger partial charge < -0.3 is 19.9 Å². The van der Waals surface area contributed by atoms with Crippen molar-refractivity contribution >= 4 is 22.7 Å². The fourth-order valence-electron chi connectivity index (χ4n) is 4.06. The van der Waals surface area contributed by atoms with Crippen molar-refractivity contribution in [2.45, 2.75) is 25.4 Å². The summed E-state index contributed by atoms with van der Waals surface area (Å²) in [6.07, 6.45) is 0.701. The lowest BCUT2D eigenvalue weighted by atomic mass is 10.1. The lowest BCUT2D eigenvalue weighted by Crippen LogP contribution is -2.43. The lowest BCUT2D eigenvalue weighted by Gasteiger charge is -2.22. The van der Waals surface area contributed by atoms with Crippen LogP contribution in [0.15, 0.2) is 48.5 Å². The normalized spacial score (nSPS) is 18.0. The summed E-state index contributed by atoms with van der Waals surface area (Å²) in [5.74, 6) is 0.476. The Hall–Kier alpha value is -3.28. The summed E-state index contributed by atoms with van der Waals surface area (Å²) >= 11 is 0. The molecule has 1 aliphatic rings. The van der Waals surface area contributed by atoms with Crippen LogP contribution >= 0.6 is 0 Å². The highest BCUT2D eigenvalue weighted by Crippen LogP contribution is 2.32. The van der Waals surface area contributed by atoms with E-state index in [1.54, 1.807) is 7.11 Å². The monoisotopic (exact) mass is 377 g/mol. The molecular formula is C22H23N3O3. The Kier molecular flexibility index (Phi) is 4.55. The maximum Gasteiger partial charge on any atom is 0.268 e. The molecule has 2 atom stereocenters. The van der Waals surface area contributed by atoms with Gasteiger partial charge in [-0.1, -0.05) is 24.3 Å². The summed E-state index contributed by atoms with van der Waals surface area (Å²) in [6, 6.07) is 15.2. The second-order valence-electron chi connectivity index (χ2n) is 7.17. The minimum atomic E-state index is -0.264. The number of amides is 2. The first-order valence-electron chi connectivity index (χ1n) is 9.27. The minimum Gasteiger partial charge on any atom is -0.497 e. The molecule has 6 nitrogen and oxygen atoms in total. The maximum atomic E-state index is 13.1. The predicted octanol–water partition coefficient (Wildman–Crippen LogP) is 2.72. The molecule has 1 aromatic heterocycles. The molecule has 2 aromatic carbocycles. The van der Waals surface area contributed by atoms with Gasteiger partial charge in [-0.15, -0.1) is 0 Å². The molecule has 2 N–H and O–H groups in total. The third kappa shape index (κ3) is 3.11. The van der Waals surface area contributed by atoms with Crippen LogP contribution < -0.4 is 15.4 Å². The molecule has 6 heteroatoms. The predicted molar refractivity (Wildman–Crippen MR) is 107 cm³/mol. The summed E-state index contributed by atoms with van der Waals surface area (Å²) in [6.45, 7) is 1.50. The van der Waals surface area contributed by atoms with Gasteiger partial charge in [-0.2, -0.15) is 0 Å². The van der Waals surface area contributed by atoms with Gasteiger partial charge in [-0.05, 0) is 41.8 Å². The molecule has 0 spiro atoms. The number of methoxy groups -OCH3 is 1. The average molecular weight is 377 g/mol. The molecule has 2 amide bonds. The average Bonchev–Trinajstić information content (AvgIpc) is 3.19. The Balaban J connectivity index is 1.65. The van der Waals surface area contributed by atoms with Crippen molar-refractivity contribution in [2.75, 3.05) is 7.11 Å². The zero-order chi connectivity index (χ0) is 19.8. The zero-order valence-electron chi connectivity index (χ0n) is 16.2. The summed E-state index contributed by atoms with van der Waals surface area (Å²) in [7, 11) is 3.50. The molecule has 0 fully saturated rings. The number of nitrogens with one attached hydrogen (secondary N) is 2. The van der Waals surface area contributed by atoms with Gasteiger partial charge in [0, 0.05) is 24.9 Å². The van der Waals surface area contributed by atoms with E-state index in [-0.39, 0.29) is 23.9 Å². The smallest absolute Gasteiger partial charge is 0.268 e. The zero-order valence-corrected chi connectivity index (χ0v) is 16.2. The highest BCUT2D eigenvalue weighted by atomic mass is 16.5. The second-order valence-corrected chi connectivity index (χ2v) is 7.17. The molecule has 1 aliphatic carbocycles. The van der Waals surface area contributed by atoms with Gasteiger partial charge in [0.2, 0.25) is 5.91 Å². The quantitative estimate of drug-likeness (QED) is 0.734. The Bertz CT molecular complexity index is 1070. The lowest BCUT2D eigenvalue weighted by molar-refractivity contribution is -0.119. The Morgan fingerprint density at radius 2 is 1.89 bits per heavy atom. The van der Waals surface area contributed by atoms with E-state index in [1.165, 1.54) is 6.92 Å². The first kappa shape index (κ1) is 18.1. The molecule has 0 bridgehead atoms. The summed E-state index contributed by atoms with van der Waals surface area (Å²) in [4.78, 5) is 24.8. The number of aromatic nitrogens is 1. The highest BCUT2D eigenvalue weighted by Gasteiger charge is 2.34. The number of carbonyl (C=O) groups excluding carboxylic acids is 2. The number of rotatable bonds is 4. The molecule has 0 saturated heterocycles. The van der Waals surface area contributed by atoms with E-state index in [9.17, 15) is 9.59 Å². The fourth-order valence-corrected chi connectivity index (χ4v) is 4.06. The summed E-state index contributed by atoms with van der Waals surface area (Å²) in [5, 5.41) is 7.05. The highest BCUT2D eigenvalue weighted by molar-refractivity contribution is 5.99. The molecule has 28 heavy (non-hydrogen) atoms. The molecule has 3 aromatic rings. The molecule has 4 rings (SSSR count). The van der Waals surface area contributed by atoms with Crippen LogP contribution in [0.2, 0.25) is 0 Å². The van der Waals surface area contributed by atoms with Gasteiger partial charge in [0.15, 0.2) is 0 Å². The fraction of sp³-hybridized carbons (Fsp3) is 0.273. The van der Waals surface area contributed by atoms with Crippen molar-refractivity contribution in [3.8, 4) is 5.75 Å². The van der Waals surface area contributed by atoms with Crippen LogP contribution in [0.1, 0.15) is 34.6 Å². The first-order valence-corrected chi connectivity index (χ1v) is 9.27. The van der Waals surface area contributed by atoms with Crippen LogP contribution in [0.5, 0.6) is 5.75 Å². The largest absolute Gasteiger partial charge is 0.497 e. The molecular weight excluding hydrogens is 354 g/mol. The Labute approximate surface area is 163 Å². The Morgan fingerprint density at radius 1 is 1.11 bits per heavy atom. The second kappa shape index (κ2) is 7.03. The number of ether oxygens (including phenoxy) is 1. The van der Waals surface area contributed by atoms with E-state index in [4.69, 9.17) is 4.74 Å². The number of benzene rings is 2. The molecule has 1 heterocycles. The van der Waals surface area contributed by atoms with Crippen molar-refractivity contribution in [2.24, 2.45) is 7.05 Å². The van der Waals surface area contributed by atoms with E-state index < -0.39 is 0 Å². The van der Waals surface area contributed by atoms with Crippen molar-refractivity contribution in [1.82, 2.24) is 15.2 Å². The van der Waals surface area contributed by atoms with Crippen LogP contribution in [0.4, 0.5) is 0 Å². The van der Waals surface area contributed by atoms with Gasteiger partial charge >= 0.3 is 0 Å². The van der Waals surface area contributed by atoms with Crippen LogP contribution in [0.3, 0.4) is 0 Å². The third-order valence-electron chi connectivity index (χ3n) is 5.39. The van der Waals surface area contributed by atoms with E-state index >= 15 is 0 Å². The number of fused-ring (bicyclic) bond motifs is 2. The molecule has 0 saturated carbocycles. The molecule has 0 radical (unpaired) electrons. The molecule has 0 unspecified atom stereocenters. The standard InChI is InChI=1S/C22H23N3O3/c1-13(26)23-18-11-14-6-4-5-7-17(14)21(18)24-22(27)20-12-15-10-16(28-3)8-9-19(15)25(20)2/h4-10,12,18,21H,11H2,1-3H3,(H,23,26)(H,24,27)/t18-,21-/m1/s1. The van der Waals surface area contributed by atoms with Crippen LogP contribution in [-0.2, 0) is 18.3 Å². The maximum absolute atomic E-state index is 13.1. The molecule has 144 valence electrons. The SMILES string of the molecule is COc1ccc2c(c1)cc(C(=O)N[C@@H]1c3ccccc3C[C@H]1NC(C)=O)n2C. The summed E-state index contributed by atoms with van der Waals surface area (Å²) < 4.78 is 7.15. The molecule has 0 aliphatic heterocycles. The van der Waals surface area contributed by atoms with Gasteiger partial charge in [0.05, 0.1) is 19.2 Å². The number of aryl methyl sites for hydroxylation is 1. The van der Waals surface area contributed by atoms with E-state index in [0.29, 0.717) is 12.1 Å². The van der Waals surface area contributed by atoms with Crippen LogP contribution in [0.25, 0.3) is 10.9 Å². The van der Waals surface area contributed by atoms with E-state index in [1.807, 2.05) is 60.1 Å². The van der Waals surface area contributed by atoms with Crippen molar-refractivity contribution in [1.29, 1.82) is 0 Å². The van der Waals surface area contributed by atoms with E-state index in [0.717, 1.165) is 27.8 Å². The van der Waals surface area contributed by atoms with Gasteiger partial charge in [-0.3, -0.25) is 9.59 Å². The number of hydrogen-bond donors (Lipinski definition) is 2. The summed E-state index contributed by atoms with van der Waals surface area (Å²) in [5.41, 5.74) is 3.72. The van der Waals surface area contributed by atoms with Crippen molar-refractivity contribution in [3.63, 3.8) is 0 Å². The Morgan fingerprint density at radius 3 is 2.64 bits per heavy atom. The van der Waals surface area contributed by atoms with Gasteiger partial charge in [0.25, 0.3) is 5.91 Å². The van der Waals surface area contributed by atoms with Crippen LogP contribution in [0, 0.1) is 0 Å². The number of nitrogens with zero attached hydrogens (tertiary/aromatic N) is 1. The minimum absolute atomic E-state index is 0.103. The number of hydrogen-bond acceptors (Lipinski definition) is 3. The van der Waals surface area contributed by atoms with E-state index in [2.05, 4.69) is 10.6 Å². The third-order valence-corrected chi connectivity index (χ3v) is 5.39. The van der Waals surface area contributed by atoms with Crippen molar-refractivity contribution < 1.29 is 14.3 Å². The number of carbonyl (C=O) groups is 2. The topological polar surface area (TPSA) is 72.4 Å². The first-order chi connectivity index (χ1) is 13.5. The van der Waals surface area contributed by atoms with Gasteiger partial charge in [-0.25, -0.2) is 0 Å². The van der Waals surface area contributed by atoms with Crippen molar-refractivity contribution in [3.05, 3.63) is 65.4 Å². The van der Waals surface area contributed by atoms with Gasteiger partial charge in [0.1, 0.15) is 11.4 Å². The van der Waals surface area contributed by atoms with Crippen LogP contribution in [-0.4, -0.2) is 29.5 Å².